The highest BCUT2D eigenvalue weighted by molar-refractivity contribution is 5.68. The Morgan fingerprint density at radius 3 is 2.82 bits per heavy atom. The summed E-state index contributed by atoms with van der Waals surface area (Å²) in [4.78, 5) is 10.5. The molecule has 120 valence electrons. The molecule has 1 aliphatic heterocycles. The number of ether oxygens (including phenoxy) is 3. The fraction of sp³-hybridized carbons (Fsp3) is 0.500. The van der Waals surface area contributed by atoms with Gasteiger partial charge in [0.05, 0.1) is 19.5 Å². The molecular formula is C16H21NO5. The lowest BCUT2D eigenvalue weighted by atomic mass is 9.97. The maximum absolute atomic E-state index is 10.9. The summed E-state index contributed by atoms with van der Waals surface area (Å²) in [5, 5.41) is 10.9. The number of allylic oxidation sites excluding steroid dienone is 1. The van der Waals surface area contributed by atoms with Crippen LogP contribution in [0.25, 0.3) is 6.08 Å². The topological polar surface area (TPSA) is 70.8 Å². The van der Waals surface area contributed by atoms with Crippen LogP contribution < -0.4 is 9.47 Å². The summed E-state index contributed by atoms with van der Waals surface area (Å²) < 4.78 is 16.8. The van der Waals surface area contributed by atoms with Crippen molar-refractivity contribution in [3.8, 4) is 11.5 Å². The quantitative estimate of drug-likeness (QED) is 0.437. The third kappa shape index (κ3) is 3.50. The Balaban J connectivity index is 2.42. The number of benzene rings is 1. The van der Waals surface area contributed by atoms with Gasteiger partial charge in [0, 0.05) is 16.1 Å². The van der Waals surface area contributed by atoms with E-state index in [1.54, 1.807) is 26.2 Å². The van der Waals surface area contributed by atoms with Crippen molar-refractivity contribution in [1.29, 1.82) is 0 Å². The third-order valence-corrected chi connectivity index (χ3v) is 3.50. The van der Waals surface area contributed by atoms with Crippen LogP contribution in [0.2, 0.25) is 0 Å². The van der Waals surface area contributed by atoms with Gasteiger partial charge in [0.2, 0.25) is 6.54 Å². The largest absolute Gasteiger partial charge is 0.493 e. The molecule has 6 heteroatoms. The molecule has 1 aliphatic rings. The second-order valence-corrected chi connectivity index (χ2v) is 5.18. The molecule has 0 saturated carbocycles. The average Bonchev–Trinajstić information content (AvgIpc) is 2.47. The van der Waals surface area contributed by atoms with Gasteiger partial charge in [0.1, 0.15) is 0 Å². The minimum Gasteiger partial charge on any atom is -0.493 e. The molecule has 2 rings (SSSR count). The number of hydrogen-bond acceptors (Lipinski definition) is 5. The molecule has 1 heterocycles. The zero-order chi connectivity index (χ0) is 16.1. The lowest BCUT2D eigenvalue weighted by molar-refractivity contribution is -0.491. The predicted octanol–water partition coefficient (Wildman–Crippen LogP) is 3.58. The van der Waals surface area contributed by atoms with Gasteiger partial charge in [-0.25, -0.2) is 0 Å². The Kier molecular flexibility index (Phi) is 5.25. The van der Waals surface area contributed by atoms with Gasteiger partial charge in [-0.3, -0.25) is 10.1 Å². The van der Waals surface area contributed by atoms with E-state index in [2.05, 4.69) is 6.92 Å². The van der Waals surface area contributed by atoms with E-state index in [1.165, 1.54) is 0 Å². The highest BCUT2D eigenvalue weighted by atomic mass is 16.6. The van der Waals surface area contributed by atoms with Gasteiger partial charge in [-0.1, -0.05) is 19.4 Å². The minimum absolute atomic E-state index is 0.279. The number of hydrogen-bond donors (Lipinski definition) is 0. The van der Waals surface area contributed by atoms with Crippen molar-refractivity contribution in [2.24, 2.45) is 0 Å². The molecule has 0 spiro atoms. The SMILES string of the molecule is CCCCOc1c(OC)ccc2c1C=C(C)OC2C[N+](=O)[O-]. The van der Waals surface area contributed by atoms with Crippen LogP contribution >= 0.6 is 0 Å². The monoisotopic (exact) mass is 307 g/mol. The van der Waals surface area contributed by atoms with Gasteiger partial charge in [0.25, 0.3) is 0 Å². The van der Waals surface area contributed by atoms with Crippen molar-refractivity contribution in [3.63, 3.8) is 0 Å². The summed E-state index contributed by atoms with van der Waals surface area (Å²) >= 11 is 0. The summed E-state index contributed by atoms with van der Waals surface area (Å²) in [7, 11) is 1.58. The normalized spacial score (nSPS) is 16.3. The third-order valence-electron chi connectivity index (χ3n) is 3.50. The Hall–Kier alpha value is -2.24. The Morgan fingerprint density at radius 2 is 2.18 bits per heavy atom. The molecule has 0 radical (unpaired) electrons. The number of nitro groups is 1. The maximum atomic E-state index is 10.9. The van der Waals surface area contributed by atoms with Crippen molar-refractivity contribution >= 4 is 6.08 Å². The van der Waals surface area contributed by atoms with E-state index in [-0.39, 0.29) is 11.5 Å². The molecule has 1 aromatic carbocycles. The Morgan fingerprint density at radius 1 is 1.41 bits per heavy atom. The zero-order valence-corrected chi connectivity index (χ0v) is 13.1. The van der Waals surface area contributed by atoms with Crippen molar-refractivity contribution in [2.75, 3.05) is 20.3 Å². The average molecular weight is 307 g/mol. The Bertz CT molecular complexity index is 582. The maximum Gasteiger partial charge on any atom is 0.244 e. The molecule has 1 atom stereocenters. The van der Waals surface area contributed by atoms with Crippen LogP contribution in [0.3, 0.4) is 0 Å². The van der Waals surface area contributed by atoms with Crippen LogP contribution in [0.1, 0.15) is 43.9 Å². The molecule has 0 amide bonds. The van der Waals surface area contributed by atoms with E-state index in [1.807, 2.05) is 6.08 Å². The molecule has 1 unspecified atom stereocenters. The Labute approximate surface area is 129 Å². The van der Waals surface area contributed by atoms with E-state index in [9.17, 15) is 10.1 Å². The molecule has 0 N–H and O–H groups in total. The van der Waals surface area contributed by atoms with E-state index < -0.39 is 6.10 Å². The van der Waals surface area contributed by atoms with Gasteiger partial charge in [0.15, 0.2) is 17.6 Å². The summed E-state index contributed by atoms with van der Waals surface area (Å²) in [6, 6.07) is 3.57. The summed E-state index contributed by atoms with van der Waals surface area (Å²) in [5.74, 6) is 1.89. The van der Waals surface area contributed by atoms with E-state index >= 15 is 0 Å². The second-order valence-electron chi connectivity index (χ2n) is 5.18. The first kappa shape index (κ1) is 16.1. The highest BCUT2D eigenvalue weighted by Crippen LogP contribution is 2.41. The van der Waals surface area contributed by atoms with Crippen LogP contribution in [0, 0.1) is 10.1 Å². The van der Waals surface area contributed by atoms with Gasteiger partial charge in [-0.15, -0.1) is 0 Å². The van der Waals surface area contributed by atoms with Crippen molar-refractivity contribution in [2.45, 2.75) is 32.8 Å². The number of unbranched alkanes of at least 4 members (excludes halogenated alkanes) is 1. The fourth-order valence-electron chi connectivity index (χ4n) is 2.45. The van der Waals surface area contributed by atoms with Crippen LogP contribution in [0.5, 0.6) is 11.5 Å². The summed E-state index contributed by atoms with van der Waals surface area (Å²) in [5.41, 5.74) is 1.57. The molecule has 0 fully saturated rings. The molecule has 1 aromatic rings. The van der Waals surface area contributed by atoms with E-state index in [0.29, 0.717) is 23.9 Å². The summed E-state index contributed by atoms with van der Waals surface area (Å²) in [6.45, 7) is 4.17. The van der Waals surface area contributed by atoms with E-state index in [0.717, 1.165) is 24.0 Å². The van der Waals surface area contributed by atoms with Crippen LogP contribution in [0.4, 0.5) is 0 Å². The lowest BCUT2D eigenvalue weighted by Crippen LogP contribution is -2.19. The van der Waals surface area contributed by atoms with Crippen molar-refractivity contribution in [1.82, 2.24) is 0 Å². The van der Waals surface area contributed by atoms with Gasteiger partial charge in [-0.2, -0.15) is 0 Å². The van der Waals surface area contributed by atoms with E-state index in [4.69, 9.17) is 14.2 Å². The number of fused-ring (bicyclic) bond motifs is 1. The predicted molar refractivity (Wildman–Crippen MR) is 82.7 cm³/mol. The van der Waals surface area contributed by atoms with Crippen molar-refractivity contribution in [3.05, 3.63) is 39.1 Å². The van der Waals surface area contributed by atoms with Crippen LogP contribution in [0.15, 0.2) is 17.9 Å². The molecular weight excluding hydrogens is 286 g/mol. The second kappa shape index (κ2) is 7.15. The fourth-order valence-corrected chi connectivity index (χ4v) is 2.45. The van der Waals surface area contributed by atoms with Gasteiger partial charge in [-0.05, 0) is 25.5 Å². The summed E-state index contributed by atoms with van der Waals surface area (Å²) in [6.07, 6.45) is 3.20. The van der Waals surface area contributed by atoms with Crippen LogP contribution in [-0.2, 0) is 4.74 Å². The molecule has 0 saturated heterocycles. The standard InChI is InChI=1S/C16H21NO5/c1-4-5-8-21-16-13-9-11(2)22-15(10-17(18)19)12(13)6-7-14(16)20-3/h6-7,9,15H,4-5,8,10H2,1-3H3. The molecule has 22 heavy (non-hydrogen) atoms. The smallest absolute Gasteiger partial charge is 0.244 e. The molecule has 0 aliphatic carbocycles. The first-order valence-electron chi connectivity index (χ1n) is 7.37. The highest BCUT2D eigenvalue weighted by Gasteiger charge is 2.29. The van der Waals surface area contributed by atoms with Crippen LogP contribution in [-0.4, -0.2) is 25.2 Å². The number of nitrogens with zero attached hydrogens (tertiary/aromatic N) is 1. The first-order valence-corrected chi connectivity index (χ1v) is 7.37. The van der Waals surface area contributed by atoms with Gasteiger partial charge >= 0.3 is 0 Å². The zero-order valence-electron chi connectivity index (χ0n) is 13.1. The molecule has 6 nitrogen and oxygen atoms in total. The lowest BCUT2D eigenvalue weighted by Gasteiger charge is -2.25. The molecule has 0 aromatic heterocycles. The minimum atomic E-state index is -0.602. The number of rotatable bonds is 7. The van der Waals surface area contributed by atoms with Gasteiger partial charge < -0.3 is 14.2 Å². The number of methoxy groups -OCH3 is 1. The molecule has 0 bridgehead atoms. The first-order chi connectivity index (χ1) is 10.6. The van der Waals surface area contributed by atoms with Crippen molar-refractivity contribution < 1.29 is 19.1 Å².